The van der Waals surface area contributed by atoms with Gasteiger partial charge in [0, 0.05) is 31.3 Å². The van der Waals surface area contributed by atoms with Crippen LogP contribution in [0.25, 0.3) is 0 Å². The zero-order valence-corrected chi connectivity index (χ0v) is 11.6. The van der Waals surface area contributed by atoms with Crippen molar-refractivity contribution in [2.24, 2.45) is 7.05 Å². The highest BCUT2D eigenvalue weighted by Gasteiger charge is 2.36. The van der Waals surface area contributed by atoms with E-state index in [0.29, 0.717) is 13.0 Å². The minimum Gasteiger partial charge on any atom is -0.392 e. The summed E-state index contributed by atoms with van der Waals surface area (Å²) in [6.45, 7) is 0.607. The number of benzene rings is 1. The Bertz CT molecular complexity index is 553. The summed E-state index contributed by atoms with van der Waals surface area (Å²) in [6.07, 6.45) is 3.10. The first kappa shape index (κ1) is 13.3. The second-order valence-electron chi connectivity index (χ2n) is 5.44. The summed E-state index contributed by atoms with van der Waals surface area (Å²) in [5.41, 5.74) is 2.26. The number of aromatic nitrogens is 2. The van der Waals surface area contributed by atoms with Crippen LogP contribution in [0, 0.1) is 0 Å². The monoisotopic (exact) mass is 272 g/mol. The molecule has 3 unspecified atom stereocenters. The Balaban J connectivity index is 1.60. The standard InChI is InChI=1S/C16H20N2O2/c1-18-15(7-8-17-18)14-9-13(10-16(14)19)20-11-12-5-3-2-4-6-12/h2-8,13-14,16,19H,9-11H2,1H3. The number of hydrogen-bond donors (Lipinski definition) is 1. The Morgan fingerprint density at radius 3 is 2.75 bits per heavy atom. The molecule has 1 aromatic carbocycles. The Kier molecular flexibility index (Phi) is 3.85. The second kappa shape index (κ2) is 5.77. The molecule has 1 aliphatic carbocycles. The van der Waals surface area contributed by atoms with Crippen molar-refractivity contribution < 1.29 is 9.84 Å². The van der Waals surface area contributed by atoms with Gasteiger partial charge in [0.25, 0.3) is 0 Å². The van der Waals surface area contributed by atoms with Gasteiger partial charge in [0.15, 0.2) is 0 Å². The summed E-state index contributed by atoms with van der Waals surface area (Å²) in [4.78, 5) is 0. The molecular formula is C16H20N2O2. The molecule has 0 aliphatic heterocycles. The smallest absolute Gasteiger partial charge is 0.0720 e. The van der Waals surface area contributed by atoms with E-state index in [2.05, 4.69) is 17.2 Å². The second-order valence-corrected chi connectivity index (χ2v) is 5.44. The largest absolute Gasteiger partial charge is 0.392 e. The van der Waals surface area contributed by atoms with Crippen molar-refractivity contribution in [2.75, 3.05) is 0 Å². The van der Waals surface area contributed by atoms with Crippen molar-refractivity contribution in [1.29, 1.82) is 0 Å². The van der Waals surface area contributed by atoms with Gasteiger partial charge in [-0.2, -0.15) is 5.10 Å². The van der Waals surface area contributed by atoms with E-state index >= 15 is 0 Å². The van der Waals surface area contributed by atoms with Crippen LogP contribution in [0.4, 0.5) is 0 Å². The molecular weight excluding hydrogens is 252 g/mol. The van der Waals surface area contributed by atoms with Gasteiger partial charge in [-0.15, -0.1) is 0 Å². The SMILES string of the molecule is Cn1nccc1C1CC(OCc2ccccc2)CC1O. The first-order valence-corrected chi connectivity index (χ1v) is 7.05. The maximum Gasteiger partial charge on any atom is 0.0720 e. The molecule has 1 heterocycles. The van der Waals surface area contributed by atoms with Gasteiger partial charge in [0.05, 0.1) is 18.8 Å². The lowest BCUT2D eigenvalue weighted by Gasteiger charge is -2.14. The number of aliphatic hydroxyl groups is 1. The third kappa shape index (κ3) is 2.76. The normalized spacial score (nSPS) is 26.0. The molecule has 2 aromatic rings. The van der Waals surface area contributed by atoms with Crippen LogP contribution in [0.15, 0.2) is 42.6 Å². The summed E-state index contributed by atoms with van der Waals surface area (Å²) in [7, 11) is 1.92. The Morgan fingerprint density at radius 1 is 1.25 bits per heavy atom. The fourth-order valence-electron chi connectivity index (χ4n) is 2.96. The summed E-state index contributed by atoms with van der Waals surface area (Å²) in [5, 5.41) is 14.4. The predicted octanol–water partition coefficient (Wildman–Crippen LogP) is 2.24. The molecule has 0 radical (unpaired) electrons. The molecule has 1 N–H and O–H groups in total. The molecule has 0 saturated heterocycles. The fraction of sp³-hybridized carbons (Fsp3) is 0.438. The minimum absolute atomic E-state index is 0.116. The third-order valence-electron chi connectivity index (χ3n) is 4.05. The first-order chi connectivity index (χ1) is 9.74. The van der Waals surface area contributed by atoms with Crippen molar-refractivity contribution >= 4 is 0 Å². The van der Waals surface area contributed by atoms with E-state index < -0.39 is 0 Å². The molecule has 0 bridgehead atoms. The predicted molar refractivity (Wildman–Crippen MR) is 76.2 cm³/mol. The molecule has 0 amide bonds. The van der Waals surface area contributed by atoms with Crippen LogP contribution in [0.2, 0.25) is 0 Å². The van der Waals surface area contributed by atoms with Gasteiger partial charge in [-0.25, -0.2) is 0 Å². The maximum atomic E-state index is 10.2. The number of aliphatic hydroxyl groups excluding tert-OH is 1. The molecule has 3 rings (SSSR count). The van der Waals surface area contributed by atoms with Crippen molar-refractivity contribution in [2.45, 2.75) is 37.6 Å². The molecule has 1 aliphatic rings. The Morgan fingerprint density at radius 2 is 2.05 bits per heavy atom. The zero-order chi connectivity index (χ0) is 13.9. The Labute approximate surface area is 119 Å². The van der Waals surface area contributed by atoms with Crippen LogP contribution in [0.1, 0.15) is 30.0 Å². The van der Waals surface area contributed by atoms with Gasteiger partial charge in [-0.3, -0.25) is 4.68 Å². The van der Waals surface area contributed by atoms with Gasteiger partial charge in [-0.1, -0.05) is 30.3 Å². The molecule has 20 heavy (non-hydrogen) atoms. The molecule has 1 saturated carbocycles. The summed E-state index contributed by atoms with van der Waals surface area (Å²) in [6, 6.07) is 12.1. The van der Waals surface area contributed by atoms with Crippen molar-refractivity contribution in [3.05, 3.63) is 53.9 Å². The highest BCUT2D eigenvalue weighted by molar-refractivity contribution is 5.15. The van der Waals surface area contributed by atoms with Crippen molar-refractivity contribution in [3.8, 4) is 0 Å². The van der Waals surface area contributed by atoms with Gasteiger partial charge < -0.3 is 9.84 Å². The van der Waals surface area contributed by atoms with Crippen LogP contribution < -0.4 is 0 Å². The number of rotatable bonds is 4. The minimum atomic E-state index is -0.342. The average molecular weight is 272 g/mol. The van der Waals surface area contributed by atoms with Crippen LogP contribution in [-0.4, -0.2) is 27.1 Å². The van der Waals surface area contributed by atoms with E-state index in [1.807, 2.05) is 36.0 Å². The highest BCUT2D eigenvalue weighted by atomic mass is 16.5. The average Bonchev–Trinajstić information content (AvgIpc) is 3.03. The van der Waals surface area contributed by atoms with E-state index in [-0.39, 0.29) is 18.1 Å². The first-order valence-electron chi connectivity index (χ1n) is 7.05. The third-order valence-corrected chi connectivity index (χ3v) is 4.05. The molecule has 3 atom stereocenters. The number of ether oxygens (including phenoxy) is 1. The number of aryl methyl sites for hydroxylation is 1. The van der Waals surface area contributed by atoms with Crippen molar-refractivity contribution in [1.82, 2.24) is 9.78 Å². The summed E-state index contributed by atoms with van der Waals surface area (Å²) in [5.74, 6) is 0.128. The van der Waals surface area contributed by atoms with Gasteiger partial charge >= 0.3 is 0 Å². The highest BCUT2D eigenvalue weighted by Crippen LogP contribution is 2.36. The zero-order valence-electron chi connectivity index (χ0n) is 11.6. The molecule has 1 fully saturated rings. The Hall–Kier alpha value is -1.65. The topological polar surface area (TPSA) is 47.3 Å². The lowest BCUT2D eigenvalue weighted by atomic mass is 10.0. The van der Waals surface area contributed by atoms with E-state index in [0.717, 1.165) is 12.1 Å². The summed E-state index contributed by atoms with van der Waals surface area (Å²) < 4.78 is 7.78. The van der Waals surface area contributed by atoms with Crippen LogP contribution in [0.3, 0.4) is 0 Å². The molecule has 106 valence electrons. The van der Waals surface area contributed by atoms with Gasteiger partial charge in [-0.05, 0) is 18.1 Å². The maximum absolute atomic E-state index is 10.2. The molecule has 0 spiro atoms. The van der Waals surface area contributed by atoms with E-state index in [1.54, 1.807) is 6.20 Å². The van der Waals surface area contributed by atoms with Crippen LogP contribution >= 0.6 is 0 Å². The van der Waals surface area contributed by atoms with Gasteiger partial charge in [0.2, 0.25) is 0 Å². The molecule has 4 nitrogen and oxygen atoms in total. The van der Waals surface area contributed by atoms with Crippen LogP contribution in [-0.2, 0) is 18.4 Å². The quantitative estimate of drug-likeness (QED) is 0.928. The number of hydrogen-bond acceptors (Lipinski definition) is 3. The van der Waals surface area contributed by atoms with Gasteiger partial charge in [0.1, 0.15) is 0 Å². The summed E-state index contributed by atoms with van der Waals surface area (Å²) >= 11 is 0. The van der Waals surface area contributed by atoms with E-state index in [1.165, 1.54) is 5.56 Å². The number of nitrogens with zero attached hydrogens (tertiary/aromatic N) is 2. The van der Waals surface area contributed by atoms with Crippen molar-refractivity contribution in [3.63, 3.8) is 0 Å². The van der Waals surface area contributed by atoms with E-state index in [4.69, 9.17) is 4.74 Å². The lowest BCUT2D eigenvalue weighted by molar-refractivity contribution is 0.0357. The lowest BCUT2D eigenvalue weighted by Crippen LogP contribution is -2.14. The molecule has 4 heteroatoms. The van der Waals surface area contributed by atoms with E-state index in [9.17, 15) is 5.11 Å². The van der Waals surface area contributed by atoms with Crippen LogP contribution in [0.5, 0.6) is 0 Å². The molecule has 1 aromatic heterocycles. The fourth-order valence-corrected chi connectivity index (χ4v) is 2.96.